The van der Waals surface area contributed by atoms with E-state index in [1.165, 1.54) is 21.5 Å². The van der Waals surface area contributed by atoms with E-state index in [1.54, 1.807) is 0 Å². The van der Waals surface area contributed by atoms with Gasteiger partial charge in [-0.15, -0.1) is 0 Å². The summed E-state index contributed by atoms with van der Waals surface area (Å²) in [4.78, 5) is 42.5. The number of rotatable bonds is 7. The molecule has 164 valence electrons. The van der Waals surface area contributed by atoms with Crippen molar-refractivity contribution in [1.82, 2.24) is 9.55 Å². The van der Waals surface area contributed by atoms with Crippen LogP contribution in [-0.2, 0) is 11.3 Å². The van der Waals surface area contributed by atoms with E-state index in [-0.39, 0.29) is 29.9 Å². The Morgan fingerprint density at radius 2 is 1.90 bits per heavy atom. The normalized spacial score (nSPS) is 16.5. The average Bonchev–Trinajstić information content (AvgIpc) is 2.73. The van der Waals surface area contributed by atoms with Gasteiger partial charge in [-0.1, -0.05) is 48.4 Å². The number of nitrogens with two attached hydrogens (primary N) is 1. The first-order chi connectivity index (χ1) is 15.0. The SMILES string of the molecule is Nc1c(N(CCC2=CCCCC2)C(=O)C2CCC2)c(=O)[nH]c(=O)n1Cc1ccccc1. The number of anilines is 2. The van der Waals surface area contributed by atoms with Gasteiger partial charge in [-0.25, -0.2) is 4.79 Å². The van der Waals surface area contributed by atoms with Crippen molar-refractivity contribution in [3.63, 3.8) is 0 Å². The summed E-state index contributed by atoms with van der Waals surface area (Å²) in [7, 11) is 0. The topological polar surface area (TPSA) is 101 Å². The third-order valence-corrected chi connectivity index (χ3v) is 6.43. The predicted octanol–water partition coefficient (Wildman–Crippen LogP) is 3.19. The lowest BCUT2D eigenvalue weighted by Crippen LogP contribution is -2.45. The van der Waals surface area contributed by atoms with Crippen LogP contribution in [0.25, 0.3) is 0 Å². The highest BCUT2D eigenvalue weighted by Crippen LogP contribution is 2.31. The number of nitrogen functional groups attached to an aromatic ring is 1. The van der Waals surface area contributed by atoms with Crippen LogP contribution >= 0.6 is 0 Å². The van der Waals surface area contributed by atoms with E-state index in [9.17, 15) is 14.4 Å². The average molecular weight is 423 g/mol. The quantitative estimate of drug-likeness (QED) is 0.669. The van der Waals surface area contributed by atoms with Crippen LogP contribution in [0.5, 0.6) is 0 Å². The molecule has 0 bridgehead atoms. The van der Waals surface area contributed by atoms with E-state index in [4.69, 9.17) is 5.73 Å². The molecule has 0 spiro atoms. The van der Waals surface area contributed by atoms with Crippen LogP contribution in [0.4, 0.5) is 11.5 Å². The van der Waals surface area contributed by atoms with Gasteiger partial charge in [-0.05, 0) is 50.5 Å². The highest BCUT2D eigenvalue weighted by molar-refractivity contribution is 5.97. The fourth-order valence-electron chi connectivity index (χ4n) is 4.36. The minimum Gasteiger partial charge on any atom is -0.383 e. The highest BCUT2D eigenvalue weighted by Gasteiger charge is 2.33. The maximum absolute atomic E-state index is 13.3. The maximum atomic E-state index is 13.3. The van der Waals surface area contributed by atoms with Gasteiger partial charge in [0.2, 0.25) is 5.91 Å². The van der Waals surface area contributed by atoms with E-state index >= 15 is 0 Å². The summed E-state index contributed by atoms with van der Waals surface area (Å²) in [6.45, 7) is 0.629. The first kappa shape index (κ1) is 21.2. The molecule has 1 saturated carbocycles. The molecule has 2 aromatic rings. The highest BCUT2D eigenvalue weighted by atomic mass is 16.2. The van der Waals surface area contributed by atoms with Crippen molar-refractivity contribution in [2.75, 3.05) is 17.2 Å². The molecule has 1 fully saturated rings. The lowest BCUT2D eigenvalue weighted by molar-refractivity contribution is -0.124. The number of hydrogen-bond acceptors (Lipinski definition) is 4. The Kier molecular flexibility index (Phi) is 6.39. The monoisotopic (exact) mass is 422 g/mol. The molecule has 0 saturated heterocycles. The molecule has 0 atom stereocenters. The Morgan fingerprint density at radius 3 is 2.55 bits per heavy atom. The Hall–Kier alpha value is -3.09. The number of aromatic nitrogens is 2. The molecule has 7 nitrogen and oxygen atoms in total. The van der Waals surface area contributed by atoms with Gasteiger partial charge in [0.15, 0.2) is 5.69 Å². The smallest absolute Gasteiger partial charge is 0.330 e. The Morgan fingerprint density at radius 1 is 1.13 bits per heavy atom. The van der Waals surface area contributed by atoms with Crippen LogP contribution in [0.3, 0.4) is 0 Å². The van der Waals surface area contributed by atoms with Gasteiger partial charge in [-0.2, -0.15) is 0 Å². The molecule has 31 heavy (non-hydrogen) atoms. The molecular weight excluding hydrogens is 392 g/mol. The molecule has 1 heterocycles. The van der Waals surface area contributed by atoms with Crippen LogP contribution in [0.15, 0.2) is 51.6 Å². The first-order valence-electron chi connectivity index (χ1n) is 11.2. The summed E-state index contributed by atoms with van der Waals surface area (Å²) < 4.78 is 1.34. The van der Waals surface area contributed by atoms with Crippen molar-refractivity contribution in [2.45, 2.75) is 57.9 Å². The van der Waals surface area contributed by atoms with Crippen LogP contribution < -0.4 is 21.9 Å². The fourth-order valence-corrected chi connectivity index (χ4v) is 4.36. The van der Waals surface area contributed by atoms with Gasteiger partial charge >= 0.3 is 5.69 Å². The molecule has 4 rings (SSSR count). The molecule has 0 radical (unpaired) electrons. The van der Waals surface area contributed by atoms with Crippen molar-refractivity contribution in [3.8, 4) is 0 Å². The number of H-pyrrole nitrogens is 1. The molecule has 2 aliphatic carbocycles. The van der Waals surface area contributed by atoms with Crippen LogP contribution in [0, 0.1) is 5.92 Å². The number of allylic oxidation sites excluding steroid dienone is 1. The summed E-state index contributed by atoms with van der Waals surface area (Å²) in [6, 6.07) is 9.45. The molecule has 2 aliphatic rings. The van der Waals surface area contributed by atoms with Crippen LogP contribution in [-0.4, -0.2) is 22.0 Å². The second-order valence-electron chi connectivity index (χ2n) is 8.54. The standard InChI is InChI=1S/C24H30N4O3/c25-21-20(22(29)26-24(31)28(21)16-18-10-5-2-6-11-18)27(23(30)19-12-7-13-19)15-14-17-8-3-1-4-9-17/h2,5-6,8,10-11,19H,1,3-4,7,9,12-16,25H2,(H,26,29,31). The second-order valence-corrected chi connectivity index (χ2v) is 8.54. The fraction of sp³-hybridized carbons (Fsp3) is 0.458. The number of nitrogens with zero attached hydrogens (tertiary/aromatic N) is 2. The zero-order valence-corrected chi connectivity index (χ0v) is 17.8. The van der Waals surface area contributed by atoms with Gasteiger partial charge in [0.25, 0.3) is 5.56 Å². The molecule has 3 N–H and O–H groups in total. The van der Waals surface area contributed by atoms with Gasteiger partial charge < -0.3 is 10.6 Å². The van der Waals surface area contributed by atoms with E-state index in [0.717, 1.165) is 50.5 Å². The minimum atomic E-state index is -0.600. The number of carbonyl (C=O) groups is 1. The van der Waals surface area contributed by atoms with Crippen molar-refractivity contribution in [3.05, 3.63) is 68.4 Å². The second kappa shape index (κ2) is 9.37. The summed E-state index contributed by atoms with van der Waals surface area (Å²) in [5, 5.41) is 0. The van der Waals surface area contributed by atoms with Crippen LogP contribution in [0.1, 0.15) is 56.9 Å². The molecule has 0 unspecified atom stereocenters. The molecule has 1 amide bonds. The minimum absolute atomic E-state index is 0.0444. The number of amides is 1. The number of carbonyl (C=O) groups excluding carboxylic acids is 1. The Balaban J connectivity index is 1.69. The lowest BCUT2D eigenvalue weighted by atomic mass is 9.84. The summed E-state index contributed by atoms with van der Waals surface area (Å²) in [6.07, 6.45) is 10.1. The largest absolute Gasteiger partial charge is 0.383 e. The summed E-state index contributed by atoms with van der Waals surface area (Å²) >= 11 is 0. The molecule has 1 aromatic heterocycles. The van der Waals surface area contributed by atoms with E-state index < -0.39 is 11.2 Å². The molecule has 0 aliphatic heterocycles. The van der Waals surface area contributed by atoms with Gasteiger partial charge in [0.05, 0.1) is 6.54 Å². The number of nitrogens with one attached hydrogen (secondary N) is 1. The number of hydrogen-bond donors (Lipinski definition) is 2. The zero-order valence-electron chi connectivity index (χ0n) is 17.8. The maximum Gasteiger partial charge on any atom is 0.330 e. The van der Waals surface area contributed by atoms with E-state index in [1.807, 2.05) is 30.3 Å². The van der Waals surface area contributed by atoms with Crippen LogP contribution in [0.2, 0.25) is 0 Å². The number of aromatic amines is 1. The zero-order chi connectivity index (χ0) is 21.8. The lowest BCUT2D eigenvalue weighted by Gasteiger charge is -2.32. The van der Waals surface area contributed by atoms with Crippen molar-refractivity contribution in [2.24, 2.45) is 5.92 Å². The van der Waals surface area contributed by atoms with Gasteiger partial charge in [0, 0.05) is 12.5 Å². The molecule has 7 heteroatoms. The molecule has 1 aromatic carbocycles. The third-order valence-electron chi connectivity index (χ3n) is 6.43. The van der Waals surface area contributed by atoms with Crippen molar-refractivity contribution >= 4 is 17.4 Å². The van der Waals surface area contributed by atoms with E-state index in [2.05, 4.69) is 11.1 Å². The number of benzene rings is 1. The third kappa shape index (κ3) is 4.65. The Bertz CT molecular complexity index is 1080. The first-order valence-corrected chi connectivity index (χ1v) is 11.2. The molecular formula is C24H30N4O3. The van der Waals surface area contributed by atoms with Gasteiger partial charge in [0.1, 0.15) is 5.82 Å². The van der Waals surface area contributed by atoms with Crippen molar-refractivity contribution in [1.29, 1.82) is 0 Å². The Labute approximate surface area is 181 Å². The summed E-state index contributed by atoms with van der Waals surface area (Å²) in [5.41, 5.74) is 7.52. The van der Waals surface area contributed by atoms with E-state index in [0.29, 0.717) is 6.54 Å². The van der Waals surface area contributed by atoms with Crippen molar-refractivity contribution < 1.29 is 4.79 Å². The predicted molar refractivity (Wildman–Crippen MR) is 122 cm³/mol. The summed E-state index contributed by atoms with van der Waals surface area (Å²) in [5.74, 6) is -0.0960. The van der Waals surface area contributed by atoms with Gasteiger partial charge in [-0.3, -0.25) is 19.1 Å².